The standard InChI is InChI=1S/C23H31N3O3/c1-16(2)29-23(28)24-15-20-10-12-21(13-11-20)25-22(27)26(5)18(4)14-19-8-6-17(3)7-9-19/h6-13,16,18H,14-15H2,1-5H3,(H,24,28)(H,25,27). The number of carbonyl (C=O) groups excluding carboxylic acids is 2. The summed E-state index contributed by atoms with van der Waals surface area (Å²) < 4.78 is 5.03. The lowest BCUT2D eigenvalue weighted by Crippen LogP contribution is -2.39. The smallest absolute Gasteiger partial charge is 0.407 e. The molecule has 2 rings (SSSR count). The summed E-state index contributed by atoms with van der Waals surface area (Å²) in [4.78, 5) is 25.8. The van der Waals surface area contributed by atoms with Crippen molar-refractivity contribution in [3.8, 4) is 0 Å². The number of ether oxygens (including phenoxy) is 1. The Morgan fingerprint density at radius 3 is 2.14 bits per heavy atom. The molecule has 0 aliphatic heterocycles. The van der Waals surface area contributed by atoms with Crippen molar-refractivity contribution in [1.82, 2.24) is 10.2 Å². The van der Waals surface area contributed by atoms with Gasteiger partial charge in [-0.15, -0.1) is 0 Å². The summed E-state index contributed by atoms with van der Waals surface area (Å²) in [6.07, 6.45) is 0.195. The lowest BCUT2D eigenvalue weighted by molar-refractivity contribution is 0.115. The minimum atomic E-state index is -0.443. The molecule has 0 saturated heterocycles. The number of urea groups is 1. The maximum Gasteiger partial charge on any atom is 0.407 e. The Balaban J connectivity index is 1.84. The number of alkyl carbamates (subject to hydrolysis) is 1. The number of aryl methyl sites for hydroxylation is 1. The van der Waals surface area contributed by atoms with Gasteiger partial charge in [0.2, 0.25) is 0 Å². The number of hydrogen-bond acceptors (Lipinski definition) is 3. The monoisotopic (exact) mass is 397 g/mol. The Morgan fingerprint density at radius 2 is 1.55 bits per heavy atom. The fourth-order valence-corrected chi connectivity index (χ4v) is 2.75. The molecule has 0 bridgehead atoms. The van der Waals surface area contributed by atoms with Crippen molar-refractivity contribution >= 4 is 17.8 Å². The van der Waals surface area contributed by atoms with Crippen LogP contribution in [0.5, 0.6) is 0 Å². The normalized spacial score (nSPS) is 11.7. The fourth-order valence-electron chi connectivity index (χ4n) is 2.75. The van der Waals surface area contributed by atoms with Gasteiger partial charge >= 0.3 is 12.1 Å². The van der Waals surface area contributed by atoms with E-state index in [0.717, 1.165) is 12.0 Å². The molecule has 0 aliphatic carbocycles. The first-order valence-corrected chi connectivity index (χ1v) is 9.87. The molecule has 6 nitrogen and oxygen atoms in total. The summed E-state index contributed by atoms with van der Waals surface area (Å²) in [5.41, 5.74) is 4.06. The molecule has 2 N–H and O–H groups in total. The first-order chi connectivity index (χ1) is 13.7. The molecule has 1 atom stereocenters. The van der Waals surface area contributed by atoms with E-state index in [1.165, 1.54) is 11.1 Å². The van der Waals surface area contributed by atoms with Gasteiger partial charge in [-0.25, -0.2) is 9.59 Å². The molecule has 0 saturated carbocycles. The molecule has 2 aromatic rings. The van der Waals surface area contributed by atoms with Gasteiger partial charge in [0, 0.05) is 25.3 Å². The Morgan fingerprint density at radius 1 is 0.966 bits per heavy atom. The molecular formula is C23H31N3O3. The third-order valence-corrected chi connectivity index (χ3v) is 4.62. The van der Waals surface area contributed by atoms with Gasteiger partial charge in [0.05, 0.1) is 6.10 Å². The minimum absolute atomic E-state index is 0.0631. The van der Waals surface area contributed by atoms with E-state index >= 15 is 0 Å². The van der Waals surface area contributed by atoms with Crippen LogP contribution in [0.1, 0.15) is 37.5 Å². The van der Waals surface area contributed by atoms with Gasteiger partial charge in [-0.2, -0.15) is 0 Å². The molecule has 0 heterocycles. The largest absolute Gasteiger partial charge is 0.447 e. The molecule has 0 aliphatic rings. The molecule has 0 radical (unpaired) electrons. The third kappa shape index (κ3) is 7.49. The van der Waals surface area contributed by atoms with Crippen molar-refractivity contribution < 1.29 is 14.3 Å². The zero-order chi connectivity index (χ0) is 21.4. The second-order valence-electron chi connectivity index (χ2n) is 7.58. The van der Waals surface area contributed by atoms with Crippen molar-refractivity contribution in [3.05, 3.63) is 65.2 Å². The van der Waals surface area contributed by atoms with Crippen LogP contribution in [0.25, 0.3) is 0 Å². The Bertz CT molecular complexity index is 801. The number of amides is 3. The quantitative estimate of drug-likeness (QED) is 0.710. The highest BCUT2D eigenvalue weighted by atomic mass is 16.6. The number of carbonyl (C=O) groups is 2. The number of nitrogens with one attached hydrogen (secondary N) is 2. The number of likely N-dealkylation sites (N-methyl/N-ethyl adjacent to an activating group) is 1. The number of nitrogens with zero attached hydrogens (tertiary/aromatic N) is 1. The second kappa shape index (κ2) is 10.5. The SMILES string of the molecule is Cc1ccc(CC(C)N(C)C(=O)Nc2ccc(CNC(=O)OC(C)C)cc2)cc1. The molecule has 2 aromatic carbocycles. The van der Waals surface area contributed by atoms with E-state index < -0.39 is 6.09 Å². The van der Waals surface area contributed by atoms with E-state index in [0.29, 0.717) is 12.2 Å². The first kappa shape index (κ1) is 22.3. The predicted molar refractivity (Wildman–Crippen MR) is 116 cm³/mol. The first-order valence-electron chi connectivity index (χ1n) is 9.87. The molecule has 6 heteroatoms. The van der Waals surface area contributed by atoms with Crippen LogP contribution in [0.2, 0.25) is 0 Å². The van der Waals surface area contributed by atoms with Crippen molar-refractivity contribution in [1.29, 1.82) is 0 Å². The average molecular weight is 398 g/mol. The minimum Gasteiger partial charge on any atom is -0.447 e. The molecule has 3 amide bonds. The van der Waals surface area contributed by atoms with Gasteiger partial charge in [0.1, 0.15) is 0 Å². The van der Waals surface area contributed by atoms with Gasteiger partial charge in [-0.1, -0.05) is 42.0 Å². The zero-order valence-corrected chi connectivity index (χ0v) is 17.9. The Hall–Kier alpha value is -3.02. The van der Waals surface area contributed by atoms with Crippen LogP contribution in [0.3, 0.4) is 0 Å². The van der Waals surface area contributed by atoms with Crippen LogP contribution in [-0.2, 0) is 17.7 Å². The Labute approximate surface area is 173 Å². The van der Waals surface area contributed by atoms with E-state index in [2.05, 4.69) is 41.8 Å². The molecule has 0 aromatic heterocycles. The topological polar surface area (TPSA) is 70.7 Å². The summed E-state index contributed by atoms with van der Waals surface area (Å²) in [5, 5.41) is 5.60. The van der Waals surface area contributed by atoms with E-state index in [4.69, 9.17) is 4.74 Å². The van der Waals surface area contributed by atoms with Crippen molar-refractivity contribution in [2.45, 2.75) is 52.8 Å². The van der Waals surface area contributed by atoms with Crippen LogP contribution >= 0.6 is 0 Å². The van der Waals surface area contributed by atoms with Gasteiger partial charge in [-0.3, -0.25) is 0 Å². The second-order valence-corrected chi connectivity index (χ2v) is 7.58. The molecule has 0 spiro atoms. The van der Waals surface area contributed by atoms with Gasteiger partial charge in [0.25, 0.3) is 0 Å². The number of anilines is 1. The average Bonchev–Trinajstić information content (AvgIpc) is 2.68. The summed E-state index contributed by atoms with van der Waals surface area (Å²) in [6.45, 7) is 8.06. The molecular weight excluding hydrogens is 366 g/mol. The van der Waals surface area contributed by atoms with Crippen LogP contribution in [0.4, 0.5) is 15.3 Å². The van der Waals surface area contributed by atoms with Gasteiger partial charge < -0.3 is 20.3 Å². The summed E-state index contributed by atoms with van der Waals surface area (Å²) in [7, 11) is 1.80. The van der Waals surface area contributed by atoms with Crippen LogP contribution in [-0.4, -0.2) is 36.2 Å². The van der Waals surface area contributed by atoms with Gasteiger partial charge in [0.15, 0.2) is 0 Å². The van der Waals surface area contributed by atoms with E-state index in [-0.39, 0.29) is 18.2 Å². The van der Waals surface area contributed by atoms with Crippen molar-refractivity contribution in [2.75, 3.05) is 12.4 Å². The number of hydrogen-bond donors (Lipinski definition) is 2. The molecule has 156 valence electrons. The molecule has 29 heavy (non-hydrogen) atoms. The lowest BCUT2D eigenvalue weighted by Gasteiger charge is -2.25. The van der Waals surface area contributed by atoms with Crippen molar-refractivity contribution in [2.24, 2.45) is 0 Å². The number of benzene rings is 2. The predicted octanol–water partition coefficient (Wildman–Crippen LogP) is 4.72. The summed E-state index contributed by atoms with van der Waals surface area (Å²) >= 11 is 0. The lowest BCUT2D eigenvalue weighted by atomic mass is 10.1. The van der Waals surface area contributed by atoms with Crippen molar-refractivity contribution in [3.63, 3.8) is 0 Å². The highest BCUT2D eigenvalue weighted by Crippen LogP contribution is 2.13. The van der Waals surface area contributed by atoms with Crippen LogP contribution in [0, 0.1) is 6.92 Å². The third-order valence-electron chi connectivity index (χ3n) is 4.62. The highest BCUT2D eigenvalue weighted by molar-refractivity contribution is 5.89. The highest BCUT2D eigenvalue weighted by Gasteiger charge is 2.16. The van der Waals surface area contributed by atoms with E-state index in [9.17, 15) is 9.59 Å². The summed E-state index contributed by atoms with van der Waals surface area (Å²) in [5.74, 6) is 0. The van der Waals surface area contributed by atoms with E-state index in [1.807, 2.05) is 31.2 Å². The van der Waals surface area contributed by atoms with Crippen LogP contribution < -0.4 is 10.6 Å². The zero-order valence-electron chi connectivity index (χ0n) is 17.9. The maximum atomic E-state index is 12.5. The maximum absolute atomic E-state index is 12.5. The molecule has 1 unspecified atom stereocenters. The Kier molecular flexibility index (Phi) is 8.07. The van der Waals surface area contributed by atoms with Crippen LogP contribution in [0.15, 0.2) is 48.5 Å². The van der Waals surface area contributed by atoms with E-state index in [1.54, 1.807) is 25.8 Å². The number of rotatable bonds is 7. The van der Waals surface area contributed by atoms with Gasteiger partial charge in [-0.05, 0) is 57.4 Å². The fraction of sp³-hybridized carbons (Fsp3) is 0.391. The summed E-state index contributed by atoms with van der Waals surface area (Å²) in [6, 6.07) is 15.6. The molecule has 0 fully saturated rings.